The second-order valence-electron chi connectivity index (χ2n) is 4.16. The van der Waals surface area contributed by atoms with E-state index in [0.29, 0.717) is 24.5 Å². The van der Waals surface area contributed by atoms with Gasteiger partial charge in [0, 0.05) is 6.08 Å². The standard InChI is InChI=1S/C15H16N2O3/c1-2-3-4-9-14(18)16-12-7-5-6-8-13(12)17-10-11-20-15(17)19/h2-9H,10-11H2,1H3,(H,16,18)/b3-2+,9-4+. The molecule has 1 aromatic rings. The number of para-hydroxylation sites is 2. The van der Waals surface area contributed by atoms with E-state index in [1.165, 1.54) is 11.0 Å². The van der Waals surface area contributed by atoms with Gasteiger partial charge in [0.15, 0.2) is 0 Å². The highest BCUT2D eigenvalue weighted by molar-refractivity contribution is 6.03. The van der Waals surface area contributed by atoms with Crippen LogP contribution in [-0.2, 0) is 9.53 Å². The molecule has 2 amide bonds. The van der Waals surface area contributed by atoms with Gasteiger partial charge in [-0.2, -0.15) is 0 Å². The molecule has 1 N–H and O–H groups in total. The van der Waals surface area contributed by atoms with Gasteiger partial charge in [-0.3, -0.25) is 9.69 Å². The Kier molecular flexibility index (Phi) is 4.55. The number of amides is 2. The van der Waals surface area contributed by atoms with E-state index in [1.54, 1.807) is 30.4 Å². The Hall–Kier alpha value is -2.56. The molecular weight excluding hydrogens is 256 g/mol. The van der Waals surface area contributed by atoms with E-state index in [0.717, 1.165) is 0 Å². The van der Waals surface area contributed by atoms with E-state index in [1.807, 2.05) is 19.1 Å². The average Bonchev–Trinajstić information content (AvgIpc) is 2.86. The predicted octanol–water partition coefficient (Wildman–Crippen LogP) is 2.71. The van der Waals surface area contributed by atoms with Crippen LogP contribution in [0.4, 0.5) is 16.2 Å². The zero-order valence-corrected chi connectivity index (χ0v) is 11.2. The molecule has 0 atom stereocenters. The first kappa shape index (κ1) is 13.9. The molecule has 0 aromatic heterocycles. The minimum atomic E-state index is -0.392. The van der Waals surface area contributed by atoms with Crippen molar-refractivity contribution in [2.75, 3.05) is 23.4 Å². The van der Waals surface area contributed by atoms with Gasteiger partial charge < -0.3 is 10.1 Å². The highest BCUT2D eigenvalue weighted by Gasteiger charge is 2.25. The summed E-state index contributed by atoms with van der Waals surface area (Å²) in [6.45, 7) is 2.72. The third-order valence-corrected chi connectivity index (χ3v) is 2.76. The normalized spacial score (nSPS) is 15.1. The van der Waals surface area contributed by atoms with Gasteiger partial charge in [0.25, 0.3) is 0 Å². The molecule has 0 aliphatic carbocycles. The Morgan fingerprint density at radius 3 is 2.85 bits per heavy atom. The molecule has 0 bridgehead atoms. The van der Waals surface area contributed by atoms with Crippen molar-refractivity contribution in [3.63, 3.8) is 0 Å². The smallest absolute Gasteiger partial charge is 0.414 e. The van der Waals surface area contributed by atoms with Gasteiger partial charge in [0.2, 0.25) is 5.91 Å². The predicted molar refractivity (Wildman–Crippen MR) is 77.7 cm³/mol. The van der Waals surface area contributed by atoms with Gasteiger partial charge >= 0.3 is 6.09 Å². The van der Waals surface area contributed by atoms with E-state index in [-0.39, 0.29) is 5.91 Å². The van der Waals surface area contributed by atoms with Crippen LogP contribution in [0, 0.1) is 0 Å². The summed E-state index contributed by atoms with van der Waals surface area (Å²) in [4.78, 5) is 24.9. The third-order valence-electron chi connectivity index (χ3n) is 2.76. The summed E-state index contributed by atoms with van der Waals surface area (Å²) in [6.07, 6.45) is 6.29. The highest BCUT2D eigenvalue weighted by Crippen LogP contribution is 2.27. The largest absolute Gasteiger partial charge is 0.447 e. The lowest BCUT2D eigenvalue weighted by molar-refractivity contribution is -0.111. The van der Waals surface area contributed by atoms with Crippen molar-refractivity contribution >= 4 is 23.4 Å². The first-order valence-electron chi connectivity index (χ1n) is 6.36. The van der Waals surface area contributed by atoms with Gasteiger partial charge in [0.05, 0.1) is 17.9 Å². The maximum atomic E-state index is 11.8. The number of benzene rings is 1. The molecule has 0 saturated carbocycles. The van der Waals surface area contributed by atoms with Gasteiger partial charge in [-0.05, 0) is 19.1 Å². The van der Waals surface area contributed by atoms with Gasteiger partial charge in [-0.1, -0.05) is 30.4 Å². The van der Waals surface area contributed by atoms with Crippen molar-refractivity contribution in [3.8, 4) is 0 Å². The van der Waals surface area contributed by atoms with E-state index in [2.05, 4.69) is 5.32 Å². The van der Waals surface area contributed by atoms with Crippen molar-refractivity contribution in [3.05, 3.63) is 48.6 Å². The Bertz CT molecular complexity index is 564. The molecule has 1 aliphatic rings. The first-order valence-corrected chi connectivity index (χ1v) is 6.36. The quantitative estimate of drug-likeness (QED) is 0.677. The van der Waals surface area contributed by atoms with E-state index < -0.39 is 6.09 Å². The van der Waals surface area contributed by atoms with Crippen LogP contribution in [0.5, 0.6) is 0 Å². The fraction of sp³-hybridized carbons (Fsp3) is 0.200. The molecule has 1 fully saturated rings. The van der Waals surface area contributed by atoms with Crippen molar-refractivity contribution in [2.24, 2.45) is 0 Å². The molecule has 1 saturated heterocycles. The van der Waals surface area contributed by atoms with Crippen LogP contribution in [-0.4, -0.2) is 25.2 Å². The van der Waals surface area contributed by atoms with Crippen molar-refractivity contribution in [1.29, 1.82) is 0 Å². The lowest BCUT2D eigenvalue weighted by atomic mass is 10.2. The number of anilines is 2. The fourth-order valence-electron chi connectivity index (χ4n) is 1.86. The highest BCUT2D eigenvalue weighted by atomic mass is 16.6. The van der Waals surface area contributed by atoms with Gasteiger partial charge in [-0.15, -0.1) is 0 Å². The lowest BCUT2D eigenvalue weighted by Gasteiger charge is -2.17. The number of carbonyl (C=O) groups is 2. The van der Waals surface area contributed by atoms with Crippen LogP contribution < -0.4 is 10.2 Å². The molecule has 0 radical (unpaired) electrons. The molecule has 2 rings (SSSR count). The number of cyclic esters (lactones) is 1. The summed E-state index contributed by atoms with van der Waals surface area (Å²) >= 11 is 0. The monoisotopic (exact) mass is 272 g/mol. The maximum absolute atomic E-state index is 11.8. The second kappa shape index (κ2) is 6.56. The van der Waals surface area contributed by atoms with E-state index >= 15 is 0 Å². The molecule has 104 valence electrons. The molecule has 1 aliphatic heterocycles. The zero-order chi connectivity index (χ0) is 14.4. The number of nitrogens with one attached hydrogen (secondary N) is 1. The fourth-order valence-corrected chi connectivity index (χ4v) is 1.86. The number of allylic oxidation sites excluding steroid dienone is 3. The van der Waals surface area contributed by atoms with Crippen molar-refractivity contribution in [2.45, 2.75) is 6.92 Å². The van der Waals surface area contributed by atoms with Crippen LogP contribution in [0.3, 0.4) is 0 Å². The van der Waals surface area contributed by atoms with Crippen LogP contribution in [0.15, 0.2) is 48.6 Å². The molecular formula is C15H16N2O3. The summed E-state index contributed by atoms with van der Waals surface area (Å²) < 4.78 is 4.91. The third kappa shape index (κ3) is 3.26. The topological polar surface area (TPSA) is 58.6 Å². The van der Waals surface area contributed by atoms with E-state index in [4.69, 9.17) is 4.74 Å². The molecule has 0 spiro atoms. The minimum absolute atomic E-state index is 0.247. The number of hydrogen-bond donors (Lipinski definition) is 1. The van der Waals surface area contributed by atoms with E-state index in [9.17, 15) is 9.59 Å². The number of hydrogen-bond acceptors (Lipinski definition) is 3. The minimum Gasteiger partial charge on any atom is -0.447 e. The molecule has 5 nitrogen and oxygen atoms in total. The maximum Gasteiger partial charge on any atom is 0.414 e. The number of rotatable bonds is 4. The number of carbonyl (C=O) groups excluding carboxylic acids is 2. The van der Waals surface area contributed by atoms with Crippen LogP contribution in [0.1, 0.15) is 6.92 Å². The lowest BCUT2D eigenvalue weighted by Crippen LogP contribution is -2.25. The number of nitrogens with zero attached hydrogens (tertiary/aromatic N) is 1. The summed E-state index contributed by atoms with van der Waals surface area (Å²) in [7, 11) is 0. The van der Waals surface area contributed by atoms with Gasteiger partial charge in [0.1, 0.15) is 6.61 Å². The molecule has 1 heterocycles. The molecule has 20 heavy (non-hydrogen) atoms. The van der Waals surface area contributed by atoms with Crippen LogP contribution in [0.2, 0.25) is 0 Å². The Morgan fingerprint density at radius 2 is 2.15 bits per heavy atom. The SMILES string of the molecule is C/C=C/C=C/C(=O)Nc1ccccc1N1CCOC1=O. The number of ether oxygens (including phenoxy) is 1. The van der Waals surface area contributed by atoms with Gasteiger partial charge in [-0.25, -0.2) is 4.79 Å². The average molecular weight is 272 g/mol. The summed E-state index contributed by atoms with van der Waals surface area (Å²) in [5, 5.41) is 2.76. The Labute approximate surface area is 117 Å². The summed E-state index contributed by atoms with van der Waals surface area (Å²) in [6, 6.07) is 7.14. The molecule has 5 heteroatoms. The van der Waals surface area contributed by atoms with Crippen LogP contribution >= 0.6 is 0 Å². The Morgan fingerprint density at radius 1 is 1.35 bits per heavy atom. The second-order valence-corrected chi connectivity index (χ2v) is 4.16. The summed E-state index contributed by atoms with van der Waals surface area (Å²) in [5.41, 5.74) is 1.23. The van der Waals surface area contributed by atoms with Crippen LogP contribution in [0.25, 0.3) is 0 Å². The van der Waals surface area contributed by atoms with Crippen molar-refractivity contribution in [1.82, 2.24) is 0 Å². The molecule has 1 aromatic carbocycles. The molecule has 0 unspecified atom stereocenters. The summed E-state index contributed by atoms with van der Waals surface area (Å²) in [5.74, 6) is -0.247. The zero-order valence-electron chi connectivity index (χ0n) is 11.2. The Balaban J connectivity index is 2.16. The van der Waals surface area contributed by atoms with Crippen molar-refractivity contribution < 1.29 is 14.3 Å². The first-order chi connectivity index (χ1) is 9.72.